The monoisotopic (exact) mass is 529 g/mol. The summed E-state index contributed by atoms with van der Waals surface area (Å²) in [5.41, 5.74) is 4.13. The Kier molecular flexibility index (Phi) is 29.0. The Labute approximate surface area is 190 Å². The summed E-state index contributed by atoms with van der Waals surface area (Å²) in [4.78, 5) is 0. The number of allylic oxidation sites excluding steroid dienone is 2. The maximum Gasteiger partial charge on any atom is 0 e. The quantitative estimate of drug-likeness (QED) is 0.204. The molecule has 0 spiro atoms. The van der Waals surface area contributed by atoms with Gasteiger partial charge in [0.2, 0.25) is 0 Å². The van der Waals surface area contributed by atoms with Crippen LogP contribution in [0.5, 0.6) is 0 Å². The van der Waals surface area contributed by atoms with E-state index in [9.17, 15) is 0 Å². The summed E-state index contributed by atoms with van der Waals surface area (Å²) in [6, 6.07) is 23.0. The number of rotatable bonds is 0. The predicted molar refractivity (Wildman–Crippen MR) is 127 cm³/mol. The molecule has 0 radical (unpaired) electrons. The molecule has 1 heteroatoms. The fourth-order valence-corrected chi connectivity index (χ4v) is 2.54. The van der Waals surface area contributed by atoms with Crippen molar-refractivity contribution < 1.29 is 25.8 Å². The predicted octanol–water partition coefficient (Wildman–Crippen LogP) is 8.16. The van der Waals surface area contributed by atoms with Crippen LogP contribution in [-0.2, 0) is 32.3 Å². The van der Waals surface area contributed by atoms with Crippen LogP contribution in [0.25, 0.3) is 16.3 Å². The van der Waals surface area contributed by atoms with E-state index in [0.717, 1.165) is 6.42 Å². The first-order valence-corrected chi connectivity index (χ1v) is 6.61. The van der Waals surface area contributed by atoms with Gasteiger partial charge in [0.15, 0.2) is 0 Å². The van der Waals surface area contributed by atoms with Gasteiger partial charge in [-0.3, -0.25) is 6.08 Å². The maximum atomic E-state index is 3.39. The van der Waals surface area contributed by atoms with E-state index in [-0.39, 0.29) is 77.8 Å². The average molecular weight is 528 g/mol. The second-order valence-corrected chi connectivity index (χ2v) is 4.76. The zero-order chi connectivity index (χ0) is 13.1. The number of hydrogen-bond acceptors (Lipinski definition) is 0. The van der Waals surface area contributed by atoms with Crippen molar-refractivity contribution >= 4 is 16.3 Å². The van der Waals surface area contributed by atoms with Gasteiger partial charge in [-0.1, -0.05) is 48.7 Å². The first-order chi connectivity index (χ1) is 9.36. The standard InChI is InChI=1S/C14H11.C5H5.7CH3.Hf/c1-10-6-7-12-9-8-11-4-2-3-5-13(11)14(10)12;1-2-4-5-3-1;;;;;;;;/h2-5,8-9H,7H2,1H3;1-5H;7*1H3;/q9*-1;. The second kappa shape index (κ2) is 19.4. The Morgan fingerprint density at radius 3 is 1.81 bits per heavy atom. The Balaban J connectivity index is -0.0000000765. The zero-order valence-electron chi connectivity index (χ0n) is 18.6. The summed E-state index contributed by atoms with van der Waals surface area (Å²) in [5.74, 6) is 0. The van der Waals surface area contributed by atoms with Crippen molar-refractivity contribution in [2.24, 2.45) is 0 Å². The van der Waals surface area contributed by atoms with Gasteiger partial charge in [-0.25, -0.2) is 17.7 Å². The molecular weight excluding hydrogens is 491 g/mol. The van der Waals surface area contributed by atoms with Crippen molar-refractivity contribution in [3.63, 3.8) is 0 Å². The Bertz CT molecular complexity index is 689. The summed E-state index contributed by atoms with van der Waals surface area (Å²) < 4.78 is 0. The van der Waals surface area contributed by atoms with Crippen molar-refractivity contribution in [2.45, 2.75) is 13.3 Å². The molecule has 0 bridgehead atoms. The van der Waals surface area contributed by atoms with Gasteiger partial charge >= 0.3 is 0 Å². The molecule has 1 aliphatic carbocycles. The SMILES string of the molecule is CC1=[C-]Cc2ccc3ccccc3c21.[CH3-].[CH3-].[CH3-].[CH3-].[CH3-].[CH3-].[CH3-].[Hf].c1cc[cH-]c1. The van der Waals surface area contributed by atoms with Crippen LogP contribution in [0.1, 0.15) is 18.1 Å². The van der Waals surface area contributed by atoms with Gasteiger partial charge in [0, 0.05) is 25.8 Å². The summed E-state index contributed by atoms with van der Waals surface area (Å²) in [7, 11) is 0. The molecule has 154 valence electrons. The van der Waals surface area contributed by atoms with Crippen LogP contribution in [0.3, 0.4) is 0 Å². The molecule has 0 atom stereocenters. The van der Waals surface area contributed by atoms with E-state index >= 15 is 0 Å². The molecule has 1 aliphatic rings. The molecule has 0 N–H and O–H groups in total. The smallest absolute Gasteiger partial charge is 0 e. The van der Waals surface area contributed by atoms with E-state index in [2.05, 4.69) is 49.4 Å². The normalized spacial score (nSPS) is 8.85. The molecule has 27 heavy (non-hydrogen) atoms. The average Bonchev–Trinajstić information content (AvgIpc) is 3.12. The minimum Gasteiger partial charge on any atom is -0.358 e. The molecular formula is C26H37Hf-9. The molecule has 0 aromatic heterocycles. The van der Waals surface area contributed by atoms with Crippen molar-refractivity contribution in [3.05, 3.63) is 136 Å². The summed E-state index contributed by atoms with van der Waals surface area (Å²) in [6.45, 7) is 2.15. The third-order valence-corrected chi connectivity index (χ3v) is 3.49. The zero-order valence-corrected chi connectivity index (χ0v) is 22.2. The minimum atomic E-state index is 0. The molecule has 0 heterocycles. The van der Waals surface area contributed by atoms with E-state index in [1.54, 1.807) is 0 Å². The molecule has 0 fully saturated rings. The molecule has 0 unspecified atom stereocenters. The Hall–Kier alpha value is -1.34. The molecule has 3 aromatic rings. The van der Waals surface area contributed by atoms with Crippen LogP contribution >= 0.6 is 0 Å². The second-order valence-electron chi connectivity index (χ2n) is 4.76. The van der Waals surface area contributed by atoms with E-state index in [1.807, 2.05) is 30.3 Å². The van der Waals surface area contributed by atoms with Crippen molar-refractivity contribution in [3.8, 4) is 0 Å². The van der Waals surface area contributed by atoms with Gasteiger partial charge in [0.1, 0.15) is 0 Å². The van der Waals surface area contributed by atoms with Crippen LogP contribution in [0, 0.1) is 58.1 Å². The molecule has 4 rings (SSSR count). The topological polar surface area (TPSA) is 0 Å². The summed E-state index contributed by atoms with van der Waals surface area (Å²) >= 11 is 0. The molecule has 0 amide bonds. The van der Waals surface area contributed by atoms with Crippen LogP contribution in [0.15, 0.2) is 66.7 Å². The molecule has 0 nitrogen and oxygen atoms in total. The Morgan fingerprint density at radius 2 is 1.30 bits per heavy atom. The van der Waals surface area contributed by atoms with E-state index in [4.69, 9.17) is 0 Å². The third-order valence-electron chi connectivity index (χ3n) is 3.49. The minimum absolute atomic E-state index is 0. The van der Waals surface area contributed by atoms with Crippen LogP contribution in [-0.4, -0.2) is 0 Å². The van der Waals surface area contributed by atoms with E-state index in [1.165, 1.54) is 27.5 Å². The van der Waals surface area contributed by atoms with Gasteiger partial charge in [0.05, 0.1) is 0 Å². The van der Waals surface area contributed by atoms with Crippen LogP contribution < -0.4 is 0 Å². The fraction of sp³-hybridized carbons (Fsp3) is 0.0769. The molecule has 0 saturated heterocycles. The largest absolute Gasteiger partial charge is 0.358 e. The number of benzene rings is 2. The van der Waals surface area contributed by atoms with Gasteiger partial charge in [-0.15, -0.1) is 12.0 Å². The first kappa shape index (κ1) is 40.4. The molecule has 3 aromatic carbocycles. The van der Waals surface area contributed by atoms with Gasteiger partial charge in [-0.2, -0.15) is 23.8 Å². The third kappa shape index (κ3) is 9.42. The number of fused-ring (bicyclic) bond motifs is 3. The maximum absolute atomic E-state index is 3.39. The summed E-state index contributed by atoms with van der Waals surface area (Å²) in [6.07, 6.45) is 4.37. The van der Waals surface area contributed by atoms with Crippen LogP contribution in [0.4, 0.5) is 0 Å². The van der Waals surface area contributed by atoms with Crippen LogP contribution in [0.2, 0.25) is 0 Å². The van der Waals surface area contributed by atoms with Gasteiger partial charge in [0.25, 0.3) is 0 Å². The summed E-state index contributed by atoms with van der Waals surface area (Å²) in [5, 5.41) is 2.70. The fourth-order valence-electron chi connectivity index (χ4n) is 2.54. The van der Waals surface area contributed by atoms with E-state index in [0.29, 0.717) is 0 Å². The van der Waals surface area contributed by atoms with Crippen molar-refractivity contribution in [1.82, 2.24) is 0 Å². The van der Waals surface area contributed by atoms with E-state index < -0.39 is 0 Å². The Morgan fingerprint density at radius 1 is 0.741 bits per heavy atom. The van der Waals surface area contributed by atoms with Crippen molar-refractivity contribution in [2.75, 3.05) is 0 Å². The van der Waals surface area contributed by atoms with Crippen molar-refractivity contribution in [1.29, 1.82) is 0 Å². The first-order valence-electron chi connectivity index (χ1n) is 6.61. The molecule has 0 saturated carbocycles. The van der Waals surface area contributed by atoms with Gasteiger partial charge < -0.3 is 52.0 Å². The van der Waals surface area contributed by atoms with Gasteiger partial charge in [-0.05, 0) is 5.39 Å². The molecule has 0 aliphatic heterocycles. The number of hydrogen-bond donors (Lipinski definition) is 0.